The summed E-state index contributed by atoms with van der Waals surface area (Å²) >= 11 is 2.82. The predicted molar refractivity (Wildman–Crippen MR) is 115 cm³/mol. The molecule has 0 spiro atoms. The first-order chi connectivity index (χ1) is 14.6. The fraction of sp³-hybridized carbons (Fsp3) is 0.136. The number of aryl methyl sites for hydroxylation is 2. The van der Waals surface area contributed by atoms with Crippen molar-refractivity contribution >= 4 is 34.3 Å². The summed E-state index contributed by atoms with van der Waals surface area (Å²) in [5, 5.41) is 5.38. The van der Waals surface area contributed by atoms with E-state index in [0.29, 0.717) is 0 Å². The number of rotatable bonds is 3. The molecule has 0 bridgehead atoms. The highest BCUT2D eigenvalue weighted by atomic mass is 32.1. The summed E-state index contributed by atoms with van der Waals surface area (Å²) in [5.41, 5.74) is 3.65. The molecule has 2 heterocycles. The Hall–Kier alpha value is -2.97. The fourth-order valence-corrected chi connectivity index (χ4v) is 5.26. The first-order valence-electron chi connectivity index (χ1n) is 9.38. The summed E-state index contributed by atoms with van der Waals surface area (Å²) in [7, 11) is 0. The SMILES string of the molecule is O=C(Nc1c(F)cccc1F)c1nc2c(s1)-c1cc(-c3nccs3)ccc1CCC2. The molecule has 5 rings (SSSR count). The van der Waals surface area contributed by atoms with Gasteiger partial charge in [-0.1, -0.05) is 18.2 Å². The van der Waals surface area contributed by atoms with Crippen LogP contribution in [0.1, 0.15) is 27.5 Å². The van der Waals surface area contributed by atoms with Gasteiger partial charge in [-0.05, 0) is 48.6 Å². The lowest BCUT2D eigenvalue weighted by Gasteiger charge is -2.08. The first kappa shape index (κ1) is 19.0. The summed E-state index contributed by atoms with van der Waals surface area (Å²) in [5.74, 6) is -2.26. The molecule has 0 saturated carbocycles. The molecule has 2 aromatic heterocycles. The van der Waals surface area contributed by atoms with Gasteiger partial charge >= 0.3 is 0 Å². The average molecular weight is 440 g/mol. The number of fused-ring (bicyclic) bond motifs is 3. The van der Waals surface area contributed by atoms with Crippen LogP contribution in [0.25, 0.3) is 21.0 Å². The summed E-state index contributed by atoms with van der Waals surface area (Å²) in [6, 6.07) is 9.73. The van der Waals surface area contributed by atoms with Crippen molar-refractivity contribution in [3.05, 3.63) is 75.9 Å². The van der Waals surface area contributed by atoms with Crippen LogP contribution in [0, 0.1) is 11.6 Å². The number of halogens is 2. The van der Waals surface area contributed by atoms with Crippen molar-refractivity contribution in [2.75, 3.05) is 5.32 Å². The van der Waals surface area contributed by atoms with Crippen molar-refractivity contribution in [3.63, 3.8) is 0 Å². The number of nitrogens with zero attached hydrogens (tertiary/aromatic N) is 2. The summed E-state index contributed by atoms with van der Waals surface area (Å²) in [6.45, 7) is 0. The molecule has 0 fully saturated rings. The third kappa shape index (κ3) is 3.42. The second-order valence-electron chi connectivity index (χ2n) is 6.91. The zero-order chi connectivity index (χ0) is 20.7. The van der Waals surface area contributed by atoms with Gasteiger partial charge in [-0.2, -0.15) is 0 Å². The van der Waals surface area contributed by atoms with E-state index in [1.54, 1.807) is 17.5 Å². The van der Waals surface area contributed by atoms with Crippen LogP contribution in [0.3, 0.4) is 0 Å². The minimum absolute atomic E-state index is 0.190. The maximum Gasteiger partial charge on any atom is 0.284 e. The van der Waals surface area contributed by atoms with E-state index in [0.717, 1.165) is 58.1 Å². The minimum atomic E-state index is -0.820. The number of carbonyl (C=O) groups is 1. The normalized spacial score (nSPS) is 12.7. The Morgan fingerprint density at radius 3 is 2.70 bits per heavy atom. The van der Waals surface area contributed by atoms with Gasteiger partial charge in [-0.3, -0.25) is 4.79 Å². The van der Waals surface area contributed by atoms with Gasteiger partial charge in [0.2, 0.25) is 0 Å². The zero-order valence-corrected chi connectivity index (χ0v) is 17.2. The first-order valence-corrected chi connectivity index (χ1v) is 11.1. The number of hydrogen-bond donors (Lipinski definition) is 1. The highest BCUT2D eigenvalue weighted by molar-refractivity contribution is 7.17. The van der Waals surface area contributed by atoms with Crippen molar-refractivity contribution in [2.45, 2.75) is 19.3 Å². The van der Waals surface area contributed by atoms with E-state index in [4.69, 9.17) is 0 Å². The number of para-hydroxylation sites is 1. The Morgan fingerprint density at radius 2 is 1.93 bits per heavy atom. The Bertz CT molecular complexity index is 1230. The van der Waals surface area contributed by atoms with Crippen LogP contribution < -0.4 is 5.32 Å². The molecule has 1 aliphatic rings. The van der Waals surface area contributed by atoms with Crippen LogP contribution >= 0.6 is 22.7 Å². The van der Waals surface area contributed by atoms with Crippen molar-refractivity contribution in [1.29, 1.82) is 0 Å². The van der Waals surface area contributed by atoms with Crippen LogP contribution in [-0.4, -0.2) is 15.9 Å². The Balaban J connectivity index is 1.53. The Kier molecular flexibility index (Phi) is 4.88. The maximum absolute atomic E-state index is 13.9. The molecule has 30 heavy (non-hydrogen) atoms. The van der Waals surface area contributed by atoms with Gasteiger partial charge in [0.15, 0.2) is 5.01 Å². The molecule has 0 radical (unpaired) electrons. The summed E-state index contributed by atoms with van der Waals surface area (Å²) in [4.78, 5) is 22.5. The van der Waals surface area contributed by atoms with E-state index in [2.05, 4.69) is 33.5 Å². The summed E-state index contributed by atoms with van der Waals surface area (Å²) < 4.78 is 27.8. The molecular formula is C22H15F2N3OS2. The van der Waals surface area contributed by atoms with Gasteiger partial charge in [-0.25, -0.2) is 18.7 Å². The number of thiazole rings is 2. The smallest absolute Gasteiger partial charge is 0.284 e. The van der Waals surface area contributed by atoms with Gasteiger partial charge in [0.25, 0.3) is 5.91 Å². The van der Waals surface area contributed by atoms with Gasteiger partial charge in [0.05, 0.1) is 10.6 Å². The van der Waals surface area contributed by atoms with E-state index in [1.165, 1.54) is 23.0 Å². The number of nitrogens with one attached hydrogen (secondary N) is 1. The highest BCUT2D eigenvalue weighted by Gasteiger charge is 2.24. The molecule has 0 atom stereocenters. The molecule has 8 heteroatoms. The van der Waals surface area contributed by atoms with E-state index < -0.39 is 23.2 Å². The molecule has 1 amide bonds. The van der Waals surface area contributed by atoms with E-state index in [9.17, 15) is 13.6 Å². The largest absolute Gasteiger partial charge is 0.315 e. The van der Waals surface area contributed by atoms with E-state index in [-0.39, 0.29) is 5.01 Å². The number of aromatic nitrogens is 2. The Morgan fingerprint density at radius 1 is 1.10 bits per heavy atom. The van der Waals surface area contributed by atoms with Gasteiger partial charge in [0.1, 0.15) is 22.3 Å². The molecule has 1 aliphatic carbocycles. The second-order valence-corrected chi connectivity index (χ2v) is 8.80. The lowest BCUT2D eigenvalue weighted by Crippen LogP contribution is -2.14. The van der Waals surface area contributed by atoms with Crippen LogP contribution in [-0.2, 0) is 12.8 Å². The molecule has 0 aliphatic heterocycles. The molecule has 0 unspecified atom stereocenters. The third-order valence-corrected chi connectivity index (χ3v) is 6.94. The topological polar surface area (TPSA) is 54.9 Å². The number of benzene rings is 2. The van der Waals surface area contributed by atoms with E-state index >= 15 is 0 Å². The number of amides is 1. The maximum atomic E-state index is 13.9. The minimum Gasteiger partial charge on any atom is -0.315 e. The number of anilines is 1. The molecule has 4 aromatic rings. The predicted octanol–water partition coefficient (Wildman–Crippen LogP) is 5.95. The third-order valence-electron chi connectivity index (χ3n) is 4.99. The number of hydrogen-bond acceptors (Lipinski definition) is 5. The summed E-state index contributed by atoms with van der Waals surface area (Å²) in [6.07, 6.45) is 4.37. The second kappa shape index (κ2) is 7.70. The molecule has 2 aromatic carbocycles. The lowest BCUT2D eigenvalue weighted by atomic mass is 10.0. The van der Waals surface area contributed by atoms with Crippen LogP contribution in [0.4, 0.5) is 14.5 Å². The molecule has 0 saturated heterocycles. The molecule has 1 N–H and O–H groups in total. The van der Waals surface area contributed by atoms with Crippen molar-refractivity contribution in [2.24, 2.45) is 0 Å². The average Bonchev–Trinajstić information content (AvgIpc) is 3.39. The van der Waals surface area contributed by atoms with Crippen molar-refractivity contribution in [3.8, 4) is 21.0 Å². The lowest BCUT2D eigenvalue weighted by molar-refractivity contribution is 0.102. The van der Waals surface area contributed by atoms with Crippen molar-refractivity contribution < 1.29 is 13.6 Å². The van der Waals surface area contributed by atoms with E-state index in [1.807, 2.05) is 5.38 Å². The zero-order valence-electron chi connectivity index (χ0n) is 15.6. The van der Waals surface area contributed by atoms with Gasteiger partial charge in [0, 0.05) is 17.1 Å². The van der Waals surface area contributed by atoms with Gasteiger partial charge in [-0.15, -0.1) is 22.7 Å². The molecular weight excluding hydrogens is 424 g/mol. The number of carbonyl (C=O) groups excluding carboxylic acids is 1. The quantitative estimate of drug-likeness (QED) is 0.429. The van der Waals surface area contributed by atoms with Crippen LogP contribution in [0.15, 0.2) is 48.0 Å². The van der Waals surface area contributed by atoms with Crippen LogP contribution in [0.2, 0.25) is 0 Å². The molecule has 4 nitrogen and oxygen atoms in total. The Labute approximate surface area is 179 Å². The van der Waals surface area contributed by atoms with Gasteiger partial charge < -0.3 is 5.32 Å². The fourth-order valence-electron chi connectivity index (χ4n) is 3.56. The highest BCUT2D eigenvalue weighted by Crippen LogP contribution is 2.39. The van der Waals surface area contributed by atoms with Crippen molar-refractivity contribution in [1.82, 2.24) is 9.97 Å². The standard InChI is InChI=1S/C22H15F2N3OS2/c23-15-4-2-5-16(24)18(15)27-20(28)22-26-17-6-1-3-12-7-8-13(21-25-9-10-29-21)11-14(12)19(17)30-22/h2,4-5,7-11H,1,3,6H2,(H,27,28). The molecule has 150 valence electrons. The van der Waals surface area contributed by atoms with Crippen LogP contribution in [0.5, 0.6) is 0 Å². The monoisotopic (exact) mass is 439 g/mol.